The zero-order valence-corrected chi connectivity index (χ0v) is 11.8. The Balaban J connectivity index is 4.57. The molecule has 4 N–H and O–H groups in total. The quantitative estimate of drug-likeness (QED) is 0.469. The van der Waals surface area contributed by atoms with Crippen LogP contribution in [-0.4, -0.2) is 48.6 Å². The number of carbonyl (C=O) groups is 3. The summed E-state index contributed by atoms with van der Waals surface area (Å²) in [5, 5.41) is 16.2. The normalized spacial score (nSPS) is 13.7. The number of carboxylic acid groups (broad SMARTS) is 1. The summed E-state index contributed by atoms with van der Waals surface area (Å²) in [5.41, 5.74) is 0. The smallest absolute Gasteiger partial charge is 0.322 e. The van der Waals surface area contributed by atoms with Crippen LogP contribution in [-0.2, 0) is 14.4 Å². The van der Waals surface area contributed by atoms with Crippen LogP contribution in [0, 0.1) is 5.92 Å². The van der Waals surface area contributed by atoms with Crippen LogP contribution in [0.25, 0.3) is 0 Å². The molecule has 0 aliphatic rings. The zero-order valence-electron chi connectivity index (χ0n) is 11.8. The molecule has 0 spiro atoms. The van der Waals surface area contributed by atoms with Crippen LogP contribution in [0.2, 0.25) is 0 Å². The van der Waals surface area contributed by atoms with E-state index in [4.69, 9.17) is 5.11 Å². The van der Waals surface area contributed by atoms with Crippen LogP contribution in [0.4, 0.5) is 0 Å². The van der Waals surface area contributed by atoms with Gasteiger partial charge in [0.15, 0.2) is 0 Å². The second kappa shape index (κ2) is 8.47. The first-order valence-corrected chi connectivity index (χ1v) is 6.25. The number of rotatable bonds is 8. The lowest BCUT2D eigenvalue weighted by Gasteiger charge is -2.21. The highest BCUT2D eigenvalue weighted by atomic mass is 16.4. The standard InChI is InChI=1S/C12H23N3O4/c1-7(2)5-9(12(19)14-6-10(16)17)15-11(18)8(3)13-4/h7-9,13H,5-6H2,1-4H3,(H,14,19)(H,15,18)(H,16,17)/t8-,9-/m0/s1. The highest BCUT2D eigenvalue weighted by molar-refractivity contribution is 5.90. The van der Waals surface area contributed by atoms with Crippen LogP contribution >= 0.6 is 0 Å². The van der Waals surface area contributed by atoms with Crippen molar-refractivity contribution in [1.29, 1.82) is 0 Å². The SMILES string of the molecule is CN[C@@H](C)C(=O)N[C@@H](CC(C)C)C(=O)NCC(=O)O. The maximum atomic E-state index is 11.8. The van der Waals surface area contributed by atoms with Crippen molar-refractivity contribution in [2.75, 3.05) is 13.6 Å². The average molecular weight is 273 g/mol. The van der Waals surface area contributed by atoms with Crippen molar-refractivity contribution >= 4 is 17.8 Å². The van der Waals surface area contributed by atoms with Gasteiger partial charge >= 0.3 is 5.97 Å². The summed E-state index contributed by atoms with van der Waals surface area (Å²) in [4.78, 5) is 34.0. The van der Waals surface area contributed by atoms with Crippen LogP contribution in [0.3, 0.4) is 0 Å². The second-order valence-electron chi connectivity index (χ2n) is 4.81. The Bertz CT molecular complexity index is 331. The van der Waals surface area contributed by atoms with Gasteiger partial charge in [0.1, 0.15) is 12.6 Å². The van der Waals surface area contributed by atoms with E-state index in [0.29, 0.717) is 6.42 Å². The lowest BCUT2D eigenvalue weighted by Crippen LogP contribution is -2.52. The maximum absolute atomic E-state index is 11.8. The summed E-state index contributed by atoms with van der Waals surface area (Å²) in [6.45, 7) is 5.07. The van der Waals surface area contributed by atoms with E-state index >= 15 is 0 Å². The van der Waals surface area contributed by atoms with Gasteiger partial charge in [-0.1, -0.05) is 13.8 Å². The largest absolute Gasteiger partial charge is 0.480 e. The Morgan fingerprint density at radius 2 is 1.68 bits per heavy atom. The zero-order chi connectivity index (χ0) is 15.0. The third kappa shape index (κ3) is 7.40. The summed E-state index contributed by atoms with van der Waals surface area (Å²) in [5.74, 6) is -1.69. The maximum Gasteiger partial charge on any atom is 0.322 e. The van der Waals surface area contributed by atoms with Gasteiger partial charge in [-0.2, -0.15) is 0 Å². The highest BCUT2D eigenvalue weighted by Gasteiger charge is 2.23. The number of carbonyl (C=O) groups excluding carboxylic acids is 2. The van der Waals surface area contributed by atoms with Crippen molar-refractivity contribution in [2.24, 2.45) is 5.92 Å². The van der Waals surface area contributed by atoms with E-state index in [1.165, 1.54) is 0 Å². The molecule has 0 saturated carbocycles. The molecule has 0 aromatic carbocycles. The van der Waals surface area contributed by atoms with Crippen molar-refractivity contribution in [1.82, 2.24) is 16.0 Å². The Kier molecular flexibility index (Phi) is 7.74. The first-order valence-electron chi connectivity index (χ1n) is 6.25. The minimum Gasteiger partial charge on any atom is -0.480 e. The number of hydrogen-bond donors (Lipinski definition) is 4. The van der Waals surface area contributed by atoms with Gasteiger partial charge in [0.2, 0.25) is 11.8 Å². The van der Waals surface area contributed by atoms with E-state index in [1.807, 2.05) is 13.8 Å². The molecule has 0 heterocycles. The Labute approximate surface area is 113 Å². The van der Waals surface area contributed by atoms with E-state index in [-0.39, 0.29) is 11.8 Å². The number of aliphatic carboxylic acids is 1. The number of likely N-dealkylation sites (N-methyl/N-ethyl adjacent to an activating group) is 1. The lowest BCUT2D eigenvalue weighted by atomic mass is 10.0. The molecule has 0 aromatic rings. The minimum absolute atomic E-state index is 0.200. The molecule has 7 heteroatoms. The molecule has 0 fully saturated rings. The van der Waals surface area contributed by atoms with E-state index in [2.05, 4.69) is 16.0 Å². The fourth-order valence-electron chi connectivity index (χ4n) is 1.42. The molecule has 2 amide bonds. The Hall–Kier alpha value is -1.63. The van der Waals surface area contributed by atoms with E-state index < -0.39 is 30.5 Å². The van der Waals surface area contributed by atoms with E-state index in [0.717, 1.165) is 0 Å². The van der Waals surface area contributed by atoms with Crippen molar-refractivity contribution in [3.05, 3.63) is 0 Å². The van der Waals surface area contributed by atoms with Crippen LogP contribution in [0.1, 0.15) is 27.2 Å². The Morgan fingerprint density at radius 1 is 1.11 bits per heavy atom. The molecule has 0 rings (SSSR count). The van der Waals surface area contributed by atoms with Gasteiger partial charge in [-0.25, -0.2) is 0 Å². The molecule has 0 aromatic heterocycles. The predicted molar refractivity (Wildman–Crippen MR) is 70.6 cm³/mol. The van der Waals surface area contributed by atoms with Gasteiger partial charge in [0.25, 0.3) is 0 Å². The van der Waals surface area contributed by atoms with E-state index in [9.17, 15) is 14.4 Å². The molecular formula is C12H23N3O4. The summed E-state index contributed by atoms with van der Waals surface area (Å²) in [7, 11) is 1.65. The van der Waals surface area contributed by atoms with Crippen molar-refractivity contribution in [3.63, 3.8) is 0 Å². The minimum atomic E-state index is -1.12. The van der Waals surface area contributed by atoms with Gasteiger partial charge in [-0.3, -0.25) is 14.4 Å². The van der Waals surface area contributed by atoms with Gasteiger partial charge in [0.05, 0.1) is 6.04 Å². The molecule has 0 aliphatic carbocycles. The lowest BCUT2D eigenvalue weighted by molar-refractivity contribution is -0.138. The van der Waals surface area contributed by atoms with Crippen molar-refractivity contribution in [2.45, 2.75) is 39.3 Å². The van der Waals surface area contributed by atoms with Crippen LogP contribution < -0.4 is 16.0 Å². The molecule has 110 valence electrons. The summed E-state index contributed by atoms with van der Waals surface area (Å²) < 4.78 is 0. The fourth-order valence-corrected chi connectivity index (χ4v) is 1.42. The molecule has 7 nitrogen and oxygen atoms in total. The third-order valence-corrected chi connectivity index (χ3v) is 2.58. The molecule has 0 saturated heterocycles. The number of nitrogens with one attached hydrogen (secondary N) is 3. The molecule has 0 bridgehead atoms. The van der Waals surface area contributed by atoms with Gasteiger partial charge < -0.3 is 21.1 Å². The molecule has 0 aliphatic heterocycles. The van der Waals surface area contributed by atoms with Crippen LogP contribution in [0.15, 0.2) is 0 Å². The molecule has 0 radical (unpaired) electrons. The monoisotopic (exact) mass is 273 g/mol. The fraction of sp³-hybridized carbons (Fsp3) is 0.750. The second-order valence-corrected chi connectivity index (χ2v) is 4.81. The molecule has 2 atom stereocenters. The van der Waals surface area contributed by atoms with Gasteiger partial charge in [-0.05, 0) is 26.3 Å². The average Bonchev–Trinajstić information content (AvgIpc) is 2.33. The summed E-state index contributed by atoms with van der Waals surface area (Å²) in [6, 6.07) is -1.13. The van der Waals surface area contributed by atoms with Crippen LogP contribution in [0.5, 0.6) is 0 Å². The molecule has 0 unspecified atom stereocenters. The Morgan fingerprint density at radius 3 is 2.11 bits per heavy atom. The summed E-state index contributed by atoms with van der Waals surface area (Å²) >= 11 is 0. The molecular weight excluding hydrogens is 250 g/mol. The van der Waals surface area contributed by atoms with E-state index in [1.54, 1.807) is 14.0 Å². The first kappa shape index (κ1) is 17.4. The highest BCUT2D eigenvalue weighted by Crippen LogP contribution is 2.05. The van der Waals surface area contributed by atoms with Crippen molar-refractivity contribution in [3.8, 4) is 0 Å². The topological polar surface area (TPSA) is 108 Å². The number of amides is 2. The van der Waals surface area contributed by atoms with Gasteiger partial charge in [0, 0.05) is 0 Å². The predicted octanol–water partition coefficient (Wildman–Crippen LogP) is -0.674. The van der Waals surface area contributed by atoms with Crippen molar-refractivity contribution < 1.29 is 19.5 Å². The van der Waals surface area contributed by atoms with Gasteiger partial charge in [-0.15, -0.1) is 0 Å². The number of hydrogen-bond acceptors (Lipinski definition) is 4. The molecule has 19 heavy (non-hydrogen) atoms. The third-order valence-electron chi connectivity index (χ3n) is 2.58. The summed E-state index contributed by atoms with van der Waals surface area (Å²) in [6.07, 6.45) is 0.452. The number of carboxylic acids is 1. The first-order chi connectivity index (χ1) is 8.77.